The highest BCUT2D eigenvalue weighted by Gasteiger charge is 2.31. The molecule has 1 unspecified atom stereocenters. The fourth-order valence-corrected chi connectivity index (χ4v) is 4.84. The molecule has 36 heavy (non-hydrogen) atoms. The topological polar surface area (TPSA) is 46.5 Å². The van der Waals surface area contributed by atoms with E-state index in [2.05, 4.69) is 65.9 Å². The molecule has 0 aliphatic carbocycles. The molecule has 5 aromatic rings. The van der Waals surface area contributed by atoms with E-state index < -0.39 is 0 Å². The van der Waals surface area contributed by atoms with E-state index in [1.165, 1.54) is 11.1 Å². The number of anilines is 1. The van der Waals surface area contributed by atoms with E-state index in [4.69, 9.17) is 9.84 Å². The second-order valence-electron chi connectivity index (χ2n) is 8.83. The van der Waals surface area contributed by atoms with Crippen LogP contribution < -0.4 is 10.2 Å². The lowest BCUT2D eigenvalue weighted by molar-refractivity contribution is 0.489. The van der Waals surface area contributed by atoms with E-state index in [-0.39, 0.29) is 5.92 Å². The number of allylic oxidation sites excluding steroid dienone is 1. The van der Waals surface area contributed by atoms with E-state index >= 15 is 0 Å². The lowest BCUT2D eigenvalue weighted by atomic mass is 9.80. The number of benzene rings is 4. The highest BCUT2D eigenvalue weighted by molar-refractivity contribution is 5.95. The van der Waals surface area contributed by atoms with Crippen molar-refractivity contribution in [3.63, 3.8) is 0 Å². The fraction of sp³-hybridized carbons (Fsp3) is 0.0625. The number of hydrogen-bond acceptors (Lipinski definition) is 4. The minimum atomic E-state index is -0.0254. The minimum Gasteiger partial charge on any atom is -0.456 e. The van der Waals surface area contributed by atoms with E-state index in [1.54, 1.807) is 6.20 Å². The van der Waals surface area contributed by atoms with Crippen LogP contribution in [0, 0.1) is 6.92 Å². The number of hydrazone groups is 1. The van der Waals surface area contributed by atoms with E-state index in [9.17, 15) is 0 Å². The third-order valence-electron chi connectivity index (χ3n) is 6.57. The van der Waals surface area contributed by atoms with Gasteiger partial charge in [0.25, 0.3) is 0 Å². The number of ether oxygens (including phenoxy) is 1. The quantitative estimate of drug-likeness (QED) is 0.214. The van der Waals surface area contributed by atoms with Gasteiger partial charge in [-0.1, -0.05) is 91.0 Å². The summed E-state index contributed by atoms with van der Waals surface area (Å²) in [7, 11) is 0. The maximum absolute atomic E-state index is 6.54. The third-order valence-corrected chi connectivity index (χ3v) is 6.57. The van der Waals surface area contributed by atoms with Crippen molar-refractivity contribution in [2.24, 2.45) is 5.10 Å². The van der Waals surface area contributed by atoms with Crippen LogP contribution in [0.2, 0.25) is 0 Å². The molecular formula is C32H25N3O. The summed E-state index contributed by atoms with van der Waals surface area (Å²) in [4.78, 5) is 4.54. The zero-order valence-electron chi connectivity index (χ0n) is 19.9. The number of rotatable bonds is 5. The molecule has 1 aliphatic rings. The molecule has 0 saturated heterocycles. The fourth-order valence-electron chi connectivity index (χ4n) is 4.84. The van der Waals surface area contributed by atoms with Crippen molar-refractivity contribution < 1.29 is 4.74 Å². The SMILES string of the molecule is Cc1ccccc1C1C(C=NNc2cccc3cccnc23)=C(c2ccccc2)Oc2ccccc21. The van der Waals surface area contributed by atoms with Gasteiger partial charge in [0.1, 0.15) is 11.5 Å². The van der Waals surface area contributed by atoms with Gasteiger partial charge < -0.3 is 4.74 Å². The molecule has 4 heteroatoms. The largest absolute Gasteiger partial charge is 0.456 e. The van der Waals surface area contributed by atoms with Gasteiger partial charge in [-0.25, -0.2) is 0 Å². The maximum atomic E-state index is 6.54. The summed E-state index contributed by atoms with van der Waals surface area (Å²) in [5.74, 6) is 1.65. The van der Waals surface area contributed by atoms with Gasteiger partial charge in [-0.2, -0.15) is 5.10 Å². The van der Waals surface area contributed by atoms with Gasteiger partial charge in [0.15, 0.2) is 0 Å². The van der Waals surface area contributed by atoms with Crippen molar-refractivity contribution in [1.29, 1.82) is 0 Å². The average Bonchev–Trinajstić information content (AvgIpc) is 2.94. The van der Waals surface area contributed by atoms with Gasteiger partial charge in [-0.15, -0.1) is 0 Å². The van der Waals surface area contributed by atoms with Crippen molar-refractivity contribution in [2.45, 2.75) is 12.8 Å². The number of para-hydroxylation sites is 2. The molecular weight excluding hydrogens is 442 g/mol. The van der Waals surface area contributed by atoms with E-state index in [0.29, 0.717) is 0 Å². The van der Waals surface area contributed by atoms with E-state index in [1.807, 2.05) is 66.9 Å². The average molecular weight is 468 g/mol. The molecule has 1 aromatic heterocycles. The van der Waals surface area contributed by atoms with Crippen molar-refractivity contribution in [1.82, 2.24) is 4.98 Å². The number of hydrogen-bond donors (Lipinski definition) is 1. The molecule has 0 bridgehead atoms. The molecule has 0 radical (unpaired) electrons. The highest BCUT2D eigenvalue weighted by Crippen LogP contribution is 2.45. The highest BCUT2D eigenvalue weighted by atomic mass is 16.5. The summed E-state index contributed by atoms with van der Waals surface area (Å²) in [5, 5.41) is 5.78. The second kappa shape index (κ2) is 9.51. The smallest absolute Gasteiger partial charge is 0.140 e. The number of pyridine rings is 1. The van der Waals surface area contributed by atoms with Crippen molar-refractivity contribution in [2.75, 3.05) is 5.43 Å². The first-order chi connectivity index (χ1) is 17.8. The second-order valence-corrected chi connectivity index (χ2v) is 8.83. The standard InChI is InChI=1S/C32H25N3O/c1-22-11-5-6-16-25(22)30-26-17-7-8-19-29(26)36-32(24-12-3-2-4-13-24)27(30)21-34-35-28-18-9-14-23-15-10-20-33-31(23)28/h2-21,30,35H,1H3. The monoisotopic (exact) mass is 467 g/mol. The third kappa shape index (κ3) is 4.03. The Labute approximate surface area is 210 Å². The Morgan fingerprint density at radius 3 is 2.39 bits per heavy atom. The van der Waals surface area contributed by atoms with Crippen molar-refractivity contribution in [3.8, 4) is 5.75 Å². The molecule has 4 nitrogen and oxygen atoms in total. The van der Waals surface area contributed by atoms with Crippen LogP contribution in [0.15, 0.2) is 126 Å². The van der Waals surface area contributed by atoms with Gasteiger partial charge in [-0.3, -0.25) is 10.4 Å². The number of aryl methyl sites for hydroxylation is 1. The zero-order valence-corrected chi connectivity index (χ0v) is 19.9. The van der Waals surface area contributed by atoms with Gasteiger partial charge in [0.2, 0.25) is 0 Å². The minimum absolute atomic E-state index is 0.0254. The molecule has 6 rings (SSSR count). The van der Waals surface area contributed by atoms with E-state index in [0.717, 1.165) is 44.8 Å². The Balaban J connectivity index is 1.50. The Kier molecular flexibility index (Phi) is 5.76. The van der Waals surface area contributed by atoms with Crippen LogP contribution in [0.3, 0.4) is 0 Å². The summed E-state index contributed by atoms with van der Waals surface area (Å²) >= 11 is 0. The Morgan fingerprint density at radius 1 is 0.778 bits per heavy atom. The first-order valence-corrected chi connectivity index (χ1v) is 12.0. The molecule has 0 spiro atoms. The van der Waals surface area contributed by atoms with Crippen molar-refractivity contribution in [3.05, 3.63) is 143 Å². The number of nitrogens with one attached hydrogen (secondary N) is 1. The number of aromatic nitrogens is 1. The Hall–Kier alpha value is -4.70. The van der Waals surface area contributed by atoms with Crippen LogP contribution in [0.1, 0.15) is 28.2 Å². The first-order valence-electron chi connectivity index (χ1n) is 12.0. The molecule has 4 aromatic carbocycles. The summed E-state index contributed by atoms with van der Waals surface area (Å²) < 4.78 is 6.54. The Morgan fingerprint density at radius 2 is 1.53 bits per heavy atom. The van der Waals surface area contributed by atoms with Gasteiger partial charge in [0, 0.05) is 34.2 Å². The molecule has 1 atom stereocenters. The van der Waals surface area contributed by atoms with Crippen LogP contribution in [0.25, 0.3) is 16.7 Å². The summed E-state index contributed by atoms with van der Waals surface area (Å²) in [6.45, 7) is 2.16. The van der Waals surface area contributed by atoms with Gasteiger partial charge in [0.05, 0.1) is 17.4 Å². The maximum Gasteiger partial charge on any atom is 0.140 e. The summed E-state index contributed by atoms with van der Waals surface area (Å²) in [6.07, 6.45) is 3.70. The molecule has 1 N–H and O–H groups in total. The van der Waals surface area contributed by atoms with Crippen LogP contribution in [-0.2, 0) is 0 Å². The Bertz CT molecular complexity index is 1600. The number of fused-ring (bicyclic) bond motifs is 2. The van der Waals surface area contributed by atoms with Crippen molar-refractivity contribution >= 4 is 28.6 Å². The van der Waals surface area contributed by atoms with Gasteiger partial charge >= 0.3 is 0 Å². The molecule has 2 heterocycles. The summed E-state index contributed by atoms with van der Waals surface area (Å²) in [5.41, 5.74) is 10.6. The van der Waals surface area contributed by atoms with Crippen LogP contribution in [-0.4, -0.2) is 11.2 Å². The summed E-state index contributed by atoms with van der Waals surface area (Å²) in [6, 6.07) is 37.1. The van der Waals surface area contributed by atoms with Crippen LogP contribution in [0.4, 0.5) is 5.69 Å². The first kappa shape index (κ1) is 21.8. The molecule has 0 saturated carbocycles. The lowest BCUT2D eigenvalue weighted by Crippen LogP contribution is -2.18. The lowest BCUT2D eigenvalue weighted by Gasteiger charge is -2.30. The van der Waals surface area contributed by atoms with Crippen LogP contribution >= 0.6 is 0 Å². The van der Waals surface area contributed by atoms with Crippen LogP contribution in [0.5, 0.6) is 5.75 Å². The molecule has 0 amide bonds. The predicted octanol–water partition coefficient (Wildman–Crippen LogP) is 7.58. The molecule has 1 aliphatic heterocycles. The molecule has 174 valence electrons. The predicted molar refractivity (Wildman–Crippen MR) is 147 cm³/mol. The normalized spacial score (nSPS) is 15.1. The van der Waals surface area contributed by atoms with Gasteiger partial charge in [-0.05, 0) is 36.2 Å². The number of nitrogens with zero attached hydrogens (tertiary/aromatic N) is 2. The molecule has 0 fully saturated rings. The zero-order chi connectivity index (χ0) is 24.3.